The lowest BCUT2D eigenvalue weighted by atomic mass is 10.1. The predicted octanol–water partition coefficient (Wildman–Crippen LogP) is 3.09. The van der Waals surface area contributed by atoms with Crippen molar-refractivity contribution in [2.45, 2.75) is 13.0 Å². The van der Waals surface area contributed by atoms with Gasteiger partial charge in [0.05, 0.1) is 6.10 Å². The fraction of sp³-hybridized carbons (Fsp3) is 0.200. The number of hydrogen-bond acceptors (Lipinski definition) is 2. The molecule has 68 valence electrons. The zero-order chi connectivity index (χ0) is 9.42. The van der Waals surface area contributed by atoms with Crippen LogP contribution in [0.2, 0.25) is 0 Å². The lowest BCUT2D eigenvalue weighted by molar-refractivity contribution is 0.201. The second kappa shape index (κ2) is 3.09. The maximum absolute atomic E-state index is 13.3. The second-order valence-corrected chi connectivity index (χ2v) is 3.89. The van der Waals surface area contributed by atoms with Crippen molar-refractivity contribution in [1.29, 1.82) is 0 Å². The van der Waals surface area contributed by atoms with Crippen LogP contribution in [0.15, 0.2) is 23.6 Å². The van der Waals surface area contributed by atoms with E-state index in [0.717, 1.165) is 4.70 Å². The summed E-state index contributed by atoms with van der Waals surface area (Å²) in [6.07, 6.45) is -0.606. The first-order valence-electron chi connectivity index (χ1n) is 4.04. The molecule has 0 aliphatic carbocycles. The van der Waals surface area contributed by atoms with Crippen LogP contribution >= 0.6 is 11.3 Å². The Morgan fingerprint density at radius 2 is 2.23 bits per heavy atom. The minimum absolute atomic E-state index is 0.255. The van der Waals surface area contributed by atoms with Gasteiger partial charge in [-0.1, -0.05) is 6.07 Å². The van der Waals surface area contributed by atoms with Gasteiger partial charge < -0.3 is 5.11 Å². The van der Waals surface area contributed by atoms with Crippen LogP contribution < -0.4 is 0 Å². The van der Waals surface area contributed by atoms with Crippen LogP contribution in [0.1, 0.15) is 18.6 Å². The molecule has 2 aromatic rings. The third-order valence-electron chi connectivity index (χ3n) is 2.03. The number of halogens is 1. The van der Waals surface area contributed by atoms with Gasteiger partial charge in [-0.3, -0.25) is 0 Å². The number of rotatable bonds is 1. The maximum Gasteiger partial charge on any atom is 0.132 e. The Bertz CT molecular complexity index is 433. The number of aliphatic hydroxyl groups is 1. The van der Waals surface area contributed by atoms with Crippen molar-refractivity contribution in [2.75, 3.05) is 0 Å². The van der Waals surface area contributed by atoms with E-state index in [0.29, 0.717) is 10.9 Å². The largest absolute Gasteiger partial charge is 0.389 e. The molecular formula is C10H9FOS. The Kier molecular flexibility index (Phi) is 2.06. The third-order valence-corrected chi connectivity index (χ3v) is 2.99. The molecule has 0 fully saturated rings. The van der Waals surface area contributed by atoms with Crippen molar-refractivity contribution >= 4 is 21.4 Å². The molecule has 1 atom stereocenters. The number of thiophene rings is 1. The van der Waals surface area contributed by atoms with Gasteiger partial charge in [0, 0.05) is 15.6 Å². The summed E-state index contributed by atoms with van der Waals surface area (Å²) < 4.78 is 14.2. The molecule has 13 heavy (non-hydrogen) atoms. The van der Waals surface area contributed by atoms with Gasteiger partial charge in [-0.2, -0.15) is 0 Å². The highest BCUT2D eigenvalue weighted by Gasteiger charge is 2.11. The van der Waals surface area contributed by atoms with Crippen LogP contribution in [0.3, 0.4) is 0 Å². The highest BCUT2D eigenvalue weighted by molar-refractivity contribution is 7.17. The molecule has 1 nitrogen and oxygen atoms in total. The lowest BCUT2D eigenvalue weighted by Gasteiger charge is -2.02. The zero-order valence-electron chi connectivity index (χ0n) is 7.12. The molecule has 0 bridgehead atoms. The molecular weight excluding hydrogens is 187 g/mol. The molecule has 0 saturated heterocycles. The Morgan fingerprint density at radius 1 is 1.46 bits per heavy atom. The SMILES string of the molecule is CC(O)c1csc2cccc(F)c12. The molecule has 0 aliphatic heterocycles. The smallest absolute Gasteiger partial charge is 0.132 e. The molecule has 1 N–H and O–H groups in total. The van der Waals surface area contributed by atoms with Crippen LogP contribution in [0, 0.1) is 5.82 Å². The van der Waals surface area contributed by atoms with E-state index >= 15 is 0 Å². The molecule has 0 spiro atoms. The van der Waals surface area contributed by atoms with Crippen LogP contribution in [0.5, 0.6) is 0 Å². The van der Waals surface area contributed by atoms with E-state index < -0.39 is 6.10 Å². The van der Waals surface area contributed by atoms with Crippen molar-refractivity contribution in [2.24, 2.45) is 0 Å². The van der Waals surface area contributed by atoms with Gasteiger partial charge in [-0.15, -0.1) is 11.3 Å². The molecule has 1 heterocycles. The highest BCUT2D eigenvalue weighted by atomic mass is 32.1. The summed E-state index contributed by atoms with van der Waals surface area (Å²) in [5.74, 6) is -0.255. The highest BCUT2D eigenvalue weighted by Crippen LogP contribution is 2.31. The van der Waals surface area contributed by atoms with Gasteiger partial charge in [0.1, 0.15) is 5.82 Å². The standard InChI is InChI=1S/C10H9FOS/c1-6(12)7-5-13-9-4-2-3-8(11)10(7)9/h2-6,12H,1H3. The van der Waals surface area contributed by atoms with Gasteiger partial charge >= 0.3 is 0 Å². The Morgan fingerprint density at radius 3 is 2.92 bits per heavy atom. The normalized spacial score (nSPS) is 13.5. The third kappa shape index (κ3) is 1.34. The average molecular weight is 196 g/mol. The van der Waals surface area contributed by atoms with Gasteiger partial charge in [-0.05, 0) is 24.4 Å². The van der Waals surface area contributed by atoms with E-state index in [4.69, 9.17) is 0 Å². The number of aliphatic hydroxyl groups excluding tert-OH is 1. The van der Waals surface area contributed by atoms with Crippen LogP contribution in [0.25, 0.3) is 10.1 Å². The van der Waals surface area contributed by atoms with Crippen molar-refractivity contribution in [3.8, 4) is 0 Å². The van der Waals surface area contributed by atoms with E-state index in [1.54, 1.807) is 18.4 Å². The molecule has 1 unspecified atom stereocenters. The Hall–Kier alpha value is -0.930. The zero-order valence-corrected chi connectivity index (χ0v) is 7.94. The molecule has 2 rings (SSSR count). The molecule has 0 radical (unpaired) electrons. The molecule has 0 aliphatic rings. The lowest BCUT2D eigenvalue weighted by Crippen LogP contribution is -1.89. The molecule has 0 saturated carbocycles. The topological polar surface area (TPSA) is 20.2 Å². The molecule has 1 aromatic carbocycles. The summed E-state index contributed by atoms with van der Waals surface area (Å²) in [5, 5.41) is 11.7. The maximum atomic E-state index is 13.3. The molecule has 3 heteroatoms. The molecule has 0 amide bonds. The van der Waals surface area contributed by atoms with Crippen molar-refractivity contribution < 1.29 is 9.50 Å². The minimum Gasteiger partial charge on any atom is -0.389 e. The summed E-state index contributed by atoms with van der Waals surface area (Å²) in [5.41, 5.74) is 0.679. The van der Waals surface area contributed by atoms with E-state index in [2.05, 4.69) is 0 Å². The first-order valence-corrected chi connectivity index (χ1v) is 4.92. The van der Waals surface area contributed by atoms with Crippen LogP contribution in [0.4, 0.5) is 4.39 Å². The van der Waals surface area contributed by atoms with Gasteiger partial charge in [-0.25, -0.2) is 4.39 Å². The van der Waals surface area contributed by atoms with Crippen molar-refractivity contribution in [3.05, 3.63) is 35.0 Å². The van der Waals surface area contributed by atoms with Crippen LogP contribution in [-0.4, -0.2) is 5.11 Å². The number of hydrogen-bond donors (Lipinski definition) is 1. The van der Waals surface area contributed by atoms with Crippen LogP contribution in [-0.2, 0) is 0 Å². The fourth-order valence-electron chi connectivity index (χ4n) is 1.38. The van der Waals surface area contributed by atoms with Gasteiger partial charge in [0.25, 0.3) is 0 Å². The first kappa shape index (κ1) is 8.66. The quantitative estimate of drug-likeness (QED) is 0.743. The predicted molar refractivity (Wildman–Crippen MR) is 52.4 cm³/mol. The number of benzene rings is 1. The first-order chi connectivity index (χ1) is 6.20. The van der Waals surface area contributed by atoms with Crippen molar-refractivity contribution in [3.63, 3.8) is 0 Å². The molecule has 1 aromatic heterocycles. The summed E-state index contributed by atoms with van der Waals surface area (Å²) in [6.45, 7) is 1.65. The fourth-order valence-corrected chi connectivity index (χ4v) is 2.44. The summed E-state index contributed by atoms with van der Waals surface area (Å²) in [4.78, 5) is 0. The summed E-state index contributed by atoms with van der Waals surface area (Å²) in [6, 6.07) is 4.95. The van der Waals surface area contributed by atoms with Gasteiger partial charge in [0.15, 0.2) is 0 Å². The Balaban J connectivity index is 2.79. The van der Waals surface area contributed by atoms with E-state index in [-0.39, 0.29) is 5.82 Å². The Labute approximate surface area is 79.4 Å². The number of fused-ring (bicyclic) bond motifs is 1. The minimum atomic E-state index is -0.606. The summed E-state index contributed by atoms with van der Waals surface area (Å²) in [7, 11) is 0. The van der Waals surface area contributed by atoms with Gasteiger partial charge in [0.2, 0.25) is 0 Å². The van der Waals surface area contributed by atoms with E-state index in [1.807, 2.05) is 6.07 Å². The van der Waals surface area contributed by atoms with Crippen molar-refractivity contribution in [1.82, 2.24) is 0 Å². The average Bonchev–Trinajstić information content (AvgIpc) is 2.49. The van der Waals surface area contributed by atoms with E-state index in [9.17, 15) is 9.50 Å². The summed E-state index contributed by atoms with van der Waals surface area (Å²) >= 11 is 1.46. The second-order valence-electron chi connectivity index (χ2n) is 2.98. The van der Waals surface area contributed by atoms with E-state index in [1.165, 1.54) is 17.4 Å². The monoisotopic (exact) mass is 196 g/mol.